The number of hydrogen-bond donors (Lipinski definition) is 1. The van der Waals surface area contributed by atoms with Gasteiger partial charge in [-0.05, 0) is 30.6 Å². The standard InChI is InChI=1S/C16H29ClN2O/c1-7-13-15(17)14(19(6)18-13)9-12(20)8-11(2)10-16(3,4)5/h11-12,20H,7-10H2,1-6H3. The summed E-state index contributed by atoms with van der Waals surface area (Å²) in [7, 11) is 1.89. The van der Waals surface area contributed by atoms with Crippen molar-refractivity contribution in [2.24, 2.45) is 18.4 Å². The summed E-state index contributed by atoms with van der Waals surface area (Å²) in [6.07, 6.45) is 2.97. The van der Waals surface area contributed by atoms with Gasteiger partial charge in [-0.15, -0.1) is 0 Å². The largest absolute Gasteiger partial charge is 0.393 e. The van der Waals surface area contributed by atoms with Gasteiger partial charge in [0.05, 0.1) is 22.5 Å². The highest BCUT2D eigenvalue weighted by Gasteiger charge is 2.21. The van der Waals surface area contributed by atoms with Crippen molar-refractivity contribution in [3.8, 4) is 0 Å². The fraction of sp³-hybridized carbons (Fsp3) is 0.812. The Bertz CT molecular complexity index is 434. The van der Waals surface area contributed by atoms with Crippen LogP contribution in [0.4, 0.5) is 0 Å². The lowest BCUT2D eigenvalue weighted by Gasteiger charge is -2.25. The van der Waals surface area contributed by atoms with Gasteiger partial charge in [0, 0.05) is 13.5 Å². The molecular formula is C16H29ClN2O. The highest BCUT2D eigenvalue weighted by Crippen LogP contribution is 2.28. The highest BCUT2D eigenvalue weighted by molar-refractivity contribution is 6.31. The van der Waals surface area contributed by atoms with Crippen molar-refractivity contribution in [2.75, 3.05) is 0 Å². The van der Waals surface area contributed by atoms with E-state index in [2.05, 4.69) is 32.8 Å². The first-order chi connectivity index (χ1) is 9.14. The van der Waals surface area contributed by atoms with E-state index in [4.69, 9.17) is 11.6 Å². The van der Waals surface area contributed by atoms with Crippen molar-refractivity contribution in [1.29, 1.82) is 0 Å². The molecule has 4 heteroatoms. The number of hydrogen-bond acceptors (Lipinski definition) is 2. The number of nitrogens with zero attached hydrogens (tertiary/aromatic N) is 2. The van der Waals surface area contributed by atoms with E-state index in [1.807, 2.05) is 14.0 Å². The number of halogens is 1. The third-order valence-corrected chi connectivity index (χ3v) is 4.00. The number of rotatable bonds is 6. The predicted molar refractivity (Wildman–Crippen MR) is 85.2 cm³/mol. The summed E-state index contributed by atoms with van der Waals surface area (Å²) in [5, 5.41) is 15.4. The third kappa shape index (κ3) is 5.10. The lowest BCUT2D eigenvalue weighted by Crippen LogP contribution is -2.20. The first-order valence-corrected chi connectivity index (χ1v) is 7.90. The molecule has 0 fully saturated rings. The van der Waals surface area contributed by atoms with Crippen molar-refractivity contribution >= 4 is 11.6 Å². The fourth-order valence-electron chi connectivity index (χ4n) is 2.94. The van der Waals surface area contributed by atoms with Crippen molar-refractivity contribution in [2.45, 2.75) is 66.4 Å². The molecule has 0 aliphatic rings. The second-order valence-corrected chi connectivity index (χ2v) is 7.53. The molecule has 0 saturated carbocycles. The minimum absolute atomic E-state index is 0.304. The lowest BCUT2D eigenvalue weighted by molar-refractivity contribution is 0.131. The zero-order chi connectivity index (χ0) is 15.5. The van der Waals surface area contributed by atoms with Crippen LogP contribution >= 0.6 is 11.6 Å². The molecule has 116 valence electrons. The minimum Gasteiger partial charge on any atom is -0.393 e. The average molecular weight is 301 g/mol. The van der Waals surface area contributed by atoms with Crippen LogP contribution in [0.3, 0.4) is 0 Å². The van der Waals surface area contributed by atoms with Gasteiger partial charge >= 0.3 is 0 Å². The summed E-state index contributed by atoms with van der Waals surface area (Å²) in [6, 6.07) is 0. The molecule has 3 nitrogen and oxygen atoms in total. The summed E-state index contributed by atoms with van der Waals surface area (Å²) < 4.78 is 1.80. The number of aliphatic hydroxyl groups is 1. The summed E-state index contributed by atoms with van der Waals surface area (Å²) in [6.45, 7) is 11.0. The van der Waals surface area contributed by atoms with E-state index in [0.29, 0.717) is 17.8 Å². The van der Waals surface area contributed by atoms with Crippen LogP contribution in [-0.4, -0.2) is 21.0 Å². The van der Waals surface area contributed by atoms with Gasteiger partial charge in [0.15, 0.2) is 0 Å². The second-order valence-electron chi connectivity index (χ2n) is 7.15. The van der Waals surface area contributed by atoms with Gasteiger partial charge in [-0.2, -0.15) is 5.10 Å². The van der Waals surface area contributed by atoms with Crippen molar-refractivity contribution in [1.82, 2.24) is 9.78 Å². The van der Waals surface area contributed by atoms with Crippen LogP contribution < -0.4 is 0 Å². The molecule has 0 aliphatic heterocycles. The maximum atomic E-state index is 10.3. The summed E-state index contributed by atoms with van der Waals surface area (Å²) in [4.78, 5) is 0. The average Bonchev–Trinajstić information content (AvgIpc) is 2.53. The number of aromatic nitrogens is 2. The monoisotopic (exact) mass is 300 g/mol. The number of aryl methyl sites for hydroxylation is 2. The van der Waals surface area contributed by atoms with E-state index in [1.165, 1.54) is 0 Å². The molecule has 0 aromatic carbocycles. The molecule has 2 unspecified atom stereocenters. The van der Waals surface area contributed by atoms with Crippen molar-refractivity contribution < 1.29 is 5.11 Å². The van der Waals surface area contributed by atoms with Crippen LogP contribution in [-0.2, 0) is 19.9 Å². The van der Waals surface area contributed by atoms with Crippen LogP contribution in [0.2, 0.25) is 5.02 Å². The van der Waals surface area contributed by atoms with E-state index < -0.39 is 0 Å². The Morgan fingerprint density at radius 3 is 2.40 bits per heavy atom. The molecule has 1 aromatic rings. The lowest BCUT2D eigenvalue weighted by atomic mass is 9.83. The zero-order valence-corrected chi connectivity index (χ0v) is 14.5. The van der Waals surface area contributed by atoms with Gasteiger partial charge in [0.25, 0.3) is 0 Å². The summed E-state index contributed by atoms with van der Waals surface area (Å²) in [5.41, 5.74) is 2.16. The van der Waals surface area contributed by atoms with Gasteiger partial charge in [-0.3, -0.25) is 4.68 Å². The Morgan fingerprint density at radius 2 is 1.95 bits per heavy atom. The Balaban J connectivity index is 2.63. The Labute approximate surface area is 128 Å². The maximum absolute atomic E-state index is 10.3. The molecule has 1 heterocycles. The molecule has 0 saturated heterocycles. The van der Waals surface area contributed by atoms with E-state index in [9.17, 15) is 5.11 Å². The Hall–Kier alpha value is -0.540. The molecule has 0 aliphatic carbocycles. The zero-order valence-electron chi connectivity index (χ0n) is 13.7. The second kappa shape index (κ2) is 6.95. The molecule has 0 spiro atoms. The van der Waals surface area contributed by atoms with Crippen molar-refractivity contribution in [3.63, 3.8) is 0 Å². The van der Waals surface area contributed by atoms with Crippen LogP contribution in [0.5, 0.6) is 0 Å². The quantitative estimate of drug-likeness (QED) is 0.862. The fourth-order valence-corrected chi connectivity index (χ4v) is 3.31. The van der Waals surface area contributed by atoms with E-state index >= 15 is 0 Å². The number of aliphatic hydroxyl groups excluding tert-OH is 1. The normalized spacial score (nSPS) is 15.4. The topological polar surface area (TPSA) is 38.0 Å². The molecule has 0 amide bonds. The highest BCUT2D eigenvalue weighted by atomic mass is 35.5. The van der Waals surface area contributed by atoms with E-state index in [-0.39, 0.29) is 6.10 Å². The molecule has 2 atom stereocenters. The minimum atomic E-state index is -0.357. The molecule has 1 aromatic heterocycles. The van der Waals surface area contributed by atoms with Crippen LogP contribution in [0.15, 0.2) is 0 Å². The van der Waals surface area contributed by atoms with Crippen LogP contribution in [0, 0.1) is 11.3 Å². The summed E-state index contributed by atoms with van der Waals surface area (Å²) in [5.74, 6) is 0.502. The third-order valence-electron chi connectivity index (χ3n) is 3.57. The van der Waals surface area contributed by atoms with Crippen LogP contribution in [0.25, 0.3) is 0 Å². The first-order valence-electron chi connectivity index (χ1n) is 7.52. The van der Waals surface area contributed by atoms with E-state index in [1.54, 1.807) is 4.68 Å². The first kappa shape index (κ1) is 17.5. The van der Waals surface area contributed by atoms with Gasteiger partial charge < -0.3 is 5.11 Å². The van der Waals surface area contributed by atoms with Gasteiger partial charge in [-0.25, -0.2) is 0 Å². The Kier molecular flexibility index (Phi) is 6.08. The van der Waals surface area contributed by atoms with Gasteiger partial charge in [0.1, 0.15) is 0 Å². The Morgan fingerprint density at radius 1 is 1.35 bits per heavy atom. The van der Waals surface area contributed by atoms with E-state index in [0.717, 1.165) is 35.7 Å². The maximum Gasteiger partial charge on any atom is 0.0850 e. The molecular weight excluding hydrogens is 272 g/mol. The van der Waals surface area contributed by atoms with Crippen molar-refractivity contribution in [3.05, 3.63) is 16.4 Å². The molecule has 20 heavy (non-hydrogen) atoms. The predicted octanol–water partition coefficient (Wildman–Crippen LogP) is 4.00. The van der Waals surface area contributed by atoms with Gasteiger partial charge in [0.2, 0.25) is 0 Å². The van der Waals surface area contributed by atoms with Crippen LogP contribution in [0.1, 0.15) is 58.8 Å². The van der Waals surface area contributed by atoms with Gasteiger partial charge in [-0.1, -0.05) is 46.2 Å². The SMILES string of the molecule is CCc1nn(C)c(CC(O)CC(C)CC(C)(C)C)c1Cl. The molecule has 1 N–H and O–H groups in total. The molecule has 0 bridgehead atoms. The molecule has 0 radical (unpaired) electrons. The molecule has 1 rings (SSSR count). The summed E-state index contributed by atoms with van der Waals surface area (Å²) >= 11 is 6.32. The smallest absolute Gasteiger partial charge is 0.0850 e.